The molecule has 0 spiro atoms. The lowest BCUT2D eigenvalue weighted by atomic mass is 10.1. The second-order valence-corrected chi connectivity index (χ2v) is 7.20. The van der Waals surface area contributed by atoms with E-state index in [2.05, 4.69) is 22.0 Å². The lowest BCUT2D eigenvalue weighted by molar-refractivity contribution is -0.130. The summed E-state index contributed by atoms with van der Waals surface area (Å²) in [7, 11) is 0. The Morgan fingerprint density at radius 2 is 1.85 bits per heavy atom. The highest BCUT2D eigenvalue weighted by molar-refractivity contribution is 6.31. The van der Waals surface area contributed by atoms with Crippen molar-refractivity contribution in [3.63, 3.8) is 0 Å². The lowest BCUT2D eigenvalue weighted by Crippen LogP contribution is -2.49. The number of nitrogens with zero attached hydrogens (tertiary/aromatic N) is 2. The zero-order valence-corrected chi connectivity index (χ0v) is 15.6. The molecule has 1 fully saturated rings. The molecule has 3 aromatic rings. The largest absolute Gasteiger partial charge is 0.368 e. The van der Waals surface area contributed by atoms with Crippen molar-refractivity contribution in [1.82, 2.24) is 9.88 Å². The molecule has 2 heterocycles. The van der Waals surface area contributed by atoms with Gasteiger partial charge in [0, 0.05) is 54.0 Å². The second-order valence-electron chi connectivity index (χ2n) is 6.79. The summed E-state index contributed by atoms with van der Waals surface area (Å²) >= 11 is 6.25. The summed E-state index contributed by atoms with van der Waals surface area (Å²) < 4.78 is 0. The van der Waals surface area contributed by atoms with Gasteiger partial charge in [0.15, 0.2) is 0 Å². The second kappa shape index (κ2) is 7.04. The minimum absolute atomic E-state index is 0.192. The number of aromatic nitrogens is 1. The van der Waals surface area contributed by atoms with E-state index in [-0.39, 0.29) is 5.91 Å². The molecule has 4 nitrogen and oxygen atoms in total. The number of piperazine rings is 1. The van der Waals surface area contributed by atoms with Crippen LogP contribution in [0.25, 0.3) is 10.9 Å². The first kappa shape index (κ1) is 17.0. The Kier molecular flexibility index (Phi) is 4.60. The Bertz CT molecular complexity index is 941. The summed E-state index contributed by atoms with van der Waals surface area (Å²) in [5.41, 5.74) is 4.42. The van der Waals surface area contributed by atoms with Crippen LogP contribution in [0.1, 0.15) is 11.1 Å². The average Bonchev–Trinajstić information content (AvgIpc) is 3.07. The van der Waals surface area contributed by atoms with E-state index in [1.807, 2.05) is 48.4 Å². The first-order chi connectivity index (χ1) is 12.6. The molecule has 1 aliphatic heterocycles. The first-order valence-corrected chi connectivity index (χ1v) is 9.34. The van der Waals surface area contributed by atoms with Gasteiger partial charge in [0.25, 0.3) is 0 Å². The number of para-hydroxylation sites is 1. The number of carbonyl (C=O) groups excluding carboxylic acids is 1. The predicted octanol–water partition coefficient (Wildman–Crippen LogP) is 4.02. The number of carbonyl (C=O) groups is 1. The minimum atomic E-state index is 0.192. The maximum atomic E-state index is 12.7. The van der Waals surface area contributed by atoms with Gasteiger partial charge in [0.1, 0.15) is 0 Å². The third-order valence-electron chi connectivity index (χ3n) is 5.23. The number of anilines is 1. The molecular weight excluding hydrogens is 346 g/mol. The minimum Gasteiger partial charge on any atom is -0.368 e. The molecule has 0 saturated carbocycles. The van der Waals surface area contributed by atoms with E-state index in [0.29, 0.717) is 6.42 Å². The fourth-order valence-electron chi connectivity index (χ4n) is 3.69. The maximum Gasteiger partial charge on any atom is 0.227 e. The Morgan fingerprint density at radius 1 is 1.08 bits per heavy atom. The van der Waals surface area contributed by atoms with Crippen molar-refractivity contribution >= 4 is 34.1 Å². The topological polar surface area (TPSA) is 39.3 Å². The zero-order valence-electron chi connectivity index (χ0n) is 14.8. The number of rotatable bonds is 3. The van der Waals surface area contributed by atoms with Gasteiger partial charge in [-0.1, -0.05) is 35.9 Å². The SMILES string of the molecule is Cc1c(Cl)cccc1N1CCN(C(=O)Cc2c[nH]c3ccccc23)CC1. The molecule has 5 heteroatoms. The third-order valence-corrected chi connectivity index (χ3v) is 5.64. The van der Waals surface area contributed by atoms with Crippen LogP contribution >= 0.6 is 11.6 Å². The van der Waals surface area contributed by atoms with E-state index in [9.17, 15) is 4.79 Å². The standard InChI is InChI=1S/C21H22ClN3O/c1-15-18(22)6-4-8-20(15)24-9-11-25(12-10-24)21(26)13-16-14-23-19-7-3-2-5-17(16)19/h2-8,14,23H,9-13H2,1H3. The summed E-state index contributed by atoms with van der Waals surface area (Å²) in [4.78, 5) is 20.3. The highest BCUT2D eigenvalue weighted by atomic mass is 35.5. The van der Waals surface area contributed by atoms with E-state index < -0.39 is 0 Å². The Labute approximate surface area is 158 Å². The maximum absolute atomic E-state index is 12.7. The van der Waals surface area contributed by atoms with Crippen molar-refractivity contribution in [3.8, 4) is 0 Å². The van der Waals surface area contributed by atoms with Gasteiger partial charge in [0.2, 0.25) is 5.91 Å². The molecule has 1 saturated heterocycles. The summed E-state index contributed by atoms with van der Waals surface area (Å²) in [6, 6.07) is 14.1. The smallest absolute Gasteiger partial charge is 0.227 e. The van der Waals surface area contributed by atoms with Crippen molar-refractivity contribution in [2.45, 2.75) is 13.3 Å². The van der Waals surface area contributed by atoms with Gasteiger partial charge in [-0.25, -0.2) is 0 Å². The number of H-pyrrole nitrogens is 1. The highest BCUT2D eigenvalue weighted by Gasteiger charge is 2.23. The third kappa shape index (κ3) is 3.17. The molecule has 1 aromatic heterocycles. The number of nitrogens with one attached hydrogen (secondary N) is 1. The molecule has 1 aliphatic rings. The fourth-order valence-corrected chi connectivity index (χ4v) is 3.86. The Balaban J connectivity index is 1.41. The van der Waals surface area contributed by atoms with Gasteiger partial charge in [-0.3, -0.25) is 4.79 Å². The van der Waals surface area contributed by atoms with E-state index in [1.165, 1.54) is 5.69 Å². The highest BCUT2D eigenvalue weighted by Crippen LogP contribution is 2.27. The lowest BCUT2D eigenvalue weighted by Gasteiger charge is -2.37. The van der Waals surface area contributed by atoms with Crippen molar-refractivity contribution in [3.05, 3.63) is 64.8 Å². The van der Waals surface area contributed by atoms with E-state index in [1.54, 1.807) is 0 Å². The quantitative estimate of drug-likeness (QED) is 0.759. The number of hydrogen-bond acceptors (Lipinski definition) is 2. The predicted molar refractivity (Wildman–Crippen MR) is 107 cm³/mol. The molecule has 26 heavy (non-hydrogen) atoms. The van der Waals surface area contributed by atoms with Crippen molar-refractivity contribution < 1.29 is 4.79 Å². The van der Waals surface area contributed by atoms with Crippen molar-refractivity contribution in [2.24, 2.45) is 0 Å². The van der Waals surface area contributed by atoms with Crippen LogP contribution in [0.15, 0.2) is 48.7 Å². The normalized spacial score (nSPS) is 14.8. The molecule has 1 amide bonds. The van der Waals surface area contributed by atoms with Crippen LogP contribution in [0.2, 0.25) is 5.02 Å². The first-order valence-electron chi connectivity index (χ1n) is 8.96. The molecular formula is C21H22ClN3O. The van der Waals surface area contributed by atoms with Gasteiger partial charge < -0.3 is 14.8 Å². The van der Waals surface area contributed by atoms with Gasteiger partial charge in [-0.05, 0) is 36.2 Å². The summed E-state index contributed by atoms with van der Waals surface area (Å²) in [6.07, 6.45) is 2.40. The molecule has 0 radical (unpaired) electrons. The number of hydrogen-bond donors (Lipinski definition) is 1. The summed E-state index contributed by atoms with van der Waals surface area (Å²) in [5.74, 6) is 0.192. The molecule has 0 aliphatic carbocycles. The Morgan fingerprint density at radius 3 is 2.65 bits per heavy atom. The van der Waals surface area contributed by atoms with E-state index >= 15 is 0 Å². The Hall–Kier alpha value is -2.46. The monoisotopic (exact) mass is 367 g/mol. The number of fused-ring (bicyclic) bond motifs is 1. The van der Waals surface area contributed by atoms with E-state index in [4.69, 9.17) is 11.6 Å². The van der Waals surface area contributed by atoms with Crippen LogP contribution in [-0.2, 0) is 11.2 Å². The summed E-state index contributed by atoms with van der Waals surface area (Å²) in [5, 5.41) is 1.93. The number of benzene rings is 2. The van der Waals surface area contributed by atoms with Crippen LogP contribution in [0.3, 0.4) is 0 Å². The van der Waals surface area contributed by atoms with Crippen LogP contribution in [-0.4, -0.2) is 42.0 Å². The van der Waals surface area contributed by atoms with Gasteiger partial charge in [0.05, 0.1) is 6.42 Å². The molecule has 1 N–H and O–H groups in total. The summed E-state index contributed by atoms with van der Waals surface area (Å²) in [6.45, 7) is 5.20. The van der Waals surface area contributed by atoms with Crippen molar-refractivity contribution in [2.75, 3.05) is 31.1 Å². The number of aromatic amines is 1. The molecule has 0 unspecified atom stereocenters. The zero-order chi connectivity index (χ0) is 18.1. The molecule has 0 bridgehead atoms. The molecule has 4 rings (SSSR count). The number of halogens is 1. The van der Waals surface area contributed by atoms with Gasteiger partial charge in [-0.2, -0.15) is 0 Å². The average molecular weight is 368 g/mol. The van der Waals surface area contributed by atoms with Crippen molar-refractivity contribution in [1.29, 1.82) is 0 Å². The van der Waals surface area contributed by atoms with Gasteiger partial charge in [-0.15, -0.1) is 0 Å². The molecule has 134 valence electrons. The number of amides is 1. The van der Waals surface area contributed by atoms with Crippen LogP contribution < -0.4 is 4.90 Å². The fraction of sp³-hybridized carbons (Fsp3) is 0.286. The molecule has 0 atom stereocenters. The van der Waals surface area contributed by atoms with Gasteiger partial charge >= 0.3 is 0 Å². The van der Waals surface area contributed by atoms with Crippen LogP contribution in [0, 0.1) is 6.92 Å². The van der Waals surface area contributed by atoms with Crippen LogP contribution in [0.4, 0.5) is 5.69 Å². The van der Waals surface area contributed by atoms with E-state index in [0.717, 1.165) is 53.2 Å². The van der Waals surface area contributed by atoms with Crippen LogP contribution in [0.5, 0.6) is 0 Å². The molecule has 2 aromatic carbocycles.